The fourth-order valence-electron chi connectivity index (χ4n) is 1.86. The Hall–Kier alpha value is -0.440. The van der Waals surface area contributed by atoms with Crippen LogP contribution in [0.1, 0.15) is 41.0 Å². The van der Waals surface area contributed by atoms with Crippen LogP contribution in [0.4, 0.5) is 0 Å². The molecule has 0 unspecified atom stereocenters. The Bertz CT molecular complexity index is 138. The zero-order valence-electron chi connectivity index (χ0n) is 8.36. The largest absolute Gasteiger partial charge is 0.0818 e. The molecular formula is C11H19. The van der Waals surface area contributed by atoms with Crippen molar-refractivity contribution in [2.24, 2.45) is 17.3 Å². The molecule has 0 atom stereocenters. The summed E-state index contributed by atoms with van der Waals surface area (Å²) >= 11 is 0. The second-order valence-corrected chi connectivity index (χ2v) is 3.83. The van der Waals surface area contributed by atoms with Gasteiger partial charge >= 0.3 is 0 Å². The molecule has 0 aromatic heterocycles. The van der Waals surface area contributed by atoms with Gasteiger partial charge in [0.25, 0.3) is 0 Å². The maximum atomic E-state index is 7.32. The van der Waals surface area contributed by atoms with Crippen molar-refractivity contribution in [2.45, 2.75) is 41.0 Å². The highest BCUT2D eigenvalue weighted by Crippen LogP contribution is 2.38. The lowest BCUT2D eigenvalue weighted by Gasteiger charge is -2.35. The van der Waals surface area contributed by atoms with Crippen molar-refractivity contribution in [3.63, 3.8) is 0 Å². The molecule has 0 spiro atoms. The van der Waals surface area contributed by atoms with E-state index in [9.17, 15) is 0 Å². The Morgan fingerprint density at radius 1 is 1.18 bits per heavy atom. The van der Waals surface area contributed by atoms with Crippen LogP contribution in [-0.4, -0.2) is 0 Å². The van der Waals surface area contributed by atoms with Crippen LogP contribution < -0.4 is 0 Å². The number of hydrogen-bond donors (Lipinski definition) is 0. The average molecular weight is 151 g/mol. The van der Waals surface area contributed by atoms with Gasteiger partial charge in [-0.2, -0.15) is 0 Å². The zero-order valence-corrected chi connectivity index (χ0v) is 8.36. The summed E-state index contributed by atoms with van der Waals surface area (Å²) in [6, 6.07) is 0. The van der Waals surface area contributed by atoms with E-state index < -0.39 is 0 Å². The molecule has 1 radical (unpaired) electrons. The Balaban J connectivity index is 4.65. The lowest BCUT2D eigenvalue weighted by Crippen LogP contribution is -2.30. The molecule has 0 bridgehead atoms. The van der Waals surface area contributed by atoms with Gasteiger partial charge in [-0.1, -0.05) is 40.5 Å². The molecule has 0 nitrogen and oxygen atoms in total. The van der Waals surface area contributed by atoms with Crippen LogP contribution in [0, 0.1) is 29.6 Å². The Labute approximate surface area is 71.4 Å². The van der Waals surface area contributed by atoms with Gasteiger partial charge in [-0.05, 0) is 24.7 Å². The third-order valence-electron chi connectivity index (χ3n) is 2.88. The third kappa shape index (κ3) is 1.77. The minimum Gasteiger partial charge on any atom is -0.0818 e. The first-order valence-corrected chi connectivity index (χ1v) is 4.45. The van der Waals surface area contributed by atoms with Crippen molar-refractivity contribution in [3.05, 3.63) is 6.42 Å². The molecular weight excluding hydrogens is 132 g/mol. The molecule has 0 rings (SSSR count). The monoisotopic (exact) mass is 151 g/mol. The SMILES string of the molecule is [C]#CC(CC)(C(C)C)C(C)C. The first-order chi connectivity index (χ1) is 5.01. The quantitative estimate of drug-likeness (QED) is 0.543. The van der Waals surface area contributed by atoms with Gasteiger partial charge in [-0.3, -0.25) is 0 Å². The molecule has 0 saturated carbocycles. The summed E-state index contributed by atoms with van der Waals surface area (Å²) in [5.41, 5.74) is 0. The zero-order chi connectivity index (χ0) is 9.07. The molecule has 0 heteroatoms. The normalized spacial score (nSPS) is 12.2. The van der Waals surface area contributed by atoms with E-state index in [1.54, 1.807) is 0 Å². The number of rotatable bonds is 3. The van der Waals surface area contributed by atoms with Crippen LogP contribution in [-0.2, 0) is 0 Å². The molecule has 0 aromatic carbocycles. The molecule has 11 heavy (non-hydrogen) atoms. The molecule has 0 fully saturated rings. The van der Waals surface area contributed by atoms with Gasteiger partial charge in [0.1, 0.15) is 0 Å². The van der Waals surface area contributed by atoms with Crippen molar-refractivity contribution in [1.82, 2.24) is 0 Å². The van der Waals surface area contributed by atoms with E-state index in [0.717, 1.165) is 6.42 Å². The molecule has 0 aliphatic heterocycles. The van der Waals surface area contributed by atoms with Crippen molar-refractivity contribution in [3.8, 4) is 5.92 Å². The second kappa shape index (κ2) is 3.81. The van der Waals surface area contributed by atoms with Gasteiger partial charge in [0.05, 0.1) is 0 Å². The first kappa shape index (κ1) is 10.6. The van der Waals surface area contributed by atoms with Gasteiger partial charge in [0.15, 0.2) is 0 Å². The van der Waals surface area contributed by atoms with Crippen LogP contribution in [0.5, 0.6) is 0 Å². The Morgan fingerprint density at radius 2 is 1.55 bits per heavy atom. The maximum absolute atomic E-state index is 7.32. The standard InChI is InChI=1S/C11H19/c1-7-11(8-2,9(3)4)10(5)6/h9-10H,7H2,1,3-6H3. The molecule has 0 aliphatic rings. The summed E-state index contributed by atoms with van der Waals surface area (Å²) in [6.07, 6.45) is 8.34. The summed E-state index contributed by atoms with van der Waals surface area (Å²) in [6.45, 7) is 10.8. The van der Waals surface area contributed by atoms with Crippen LogP contribution in [0.2, 0.25) is 0 Å². The van der Waals surface area contributed by atoms with Crippen LogP contribution in [0.3, 0.4) is 0 Å². The molecule has 0 N–H and O–H groups in total. The Kier molecular flexibility index (Phi) is 3.66. The van der Waals surface area contributed by atoms with Gasteiger partial charge in [0, 0.05) is 5.41 Å². The van der Waals surface area contributed by atoms with Crippen molar-refractivity contribution in [2.75, 3.05) is 0 Å². The highest BCUT2D eigenvalue weighted by Gasteiger charge is 2.32. The van der Waals surface area contributed by atoms with Crippen molar-refractivity contribution >= 4 is 0 Å². The molecule has 0 heterocycles. The molecule has 0 aliphatic carbocycles. The smallest absolute Gasteiger partial charge is 0.0368 e. The van der Waals surface area contributed by atoms with Crippen LogP contribution in [0.25, 0.3) is 0 Å². The minimum atomic E-state index is 0. The molecule has 0 saturated heterocycles. The summed E-state index contributed by atoms with van der Waals surface area (Å²) in [4.78, 5) is 0. The summed E-state index contributed by atoms with van der Waals surface area (Å²) < 4.78 is 0. The van der Waals surface area contributed by atoms with Crippen molar-refractivity contribution in [1.29, 1.82) is 0 Å². The highest BCUT2D eigenvalue weighted by atomic mass is 14.4. The van der Waals surface area contributed by atoms with Gasteiger partial charge in [-0.15, -0.1) is 0 Å². The molecule has 0 amide bonds. The van der Waals surface area contributed by atoms with Crippen LogP contribution in [0.15, 0.2) is 0 Å². The van der Waals surface area contributed by atoms with E-state index in [4.69, 9.17) is 6.42 Å². The van der Waals surface area contributed by atoms with E-state index in [0.29, 0.717) is 11.8 Å². The van der Waals surface area contributed by atoms with E-state index >= 15 is 0 Å². The van der Waals surface area contributed by atoms with E-state index in [2.05, 4.69) is 40.5 Å². The molecule has 0 aromatic rings. The second-order valence-electron chi connectivity index (χ2n) is 3.83. The first-order valence-electron chi connectivity index (χ1n) is 4.45. The molecule has 63 valence electrons. The summed E-state index contributed by atoms with van der Waals surface area (Å²) in [5, 5.41) is 0. The highest BCUT2D eigenvalue weighted by molar-refractivity contribution is 5.04. The topological polar surface area (TPSA) is 0 Å². The third-order valence-corrected chi connectivity index (χ3v) is 2.88. The van der Waals surface area contributed by atoms with Crippen molar-refractivity contribution < 1.29 is 0 Å². The summed E-state index contributed by atoms with van der Waals surface area (Å²) in [7, 11) is 0. The van der Waals surface area contributed by atoms with E-state index in [-0.39, 0.29) is 5.41 Å². The fraction of sp³-hybridized carbons (Fsp3) is 0.818. The average Bonchev–Trinajstić information content (AvgIpc) is 1.90. The van der Waals surface area contributed by atoms with Crippen LogP contribution >= 0.6 is 0 Å². The van der Waals surface area contributed by atoms with Gasteiger partial charge in [0.2, 0.25) is 0 Å². The fourth-order valence-corrected chi connectivity index (χ4v) is 1.86. The van der Waals surface area contributed by atoms with Gasteiger partial charge in [-0.25, -0.2) is 0 Å². The lowest BCUT2D eigenvalue weighted by atomic mass is 9.68. The van der Waals surface area contributed by atoms with E-state index in [1.807, 2.05) is 0 Å². The predicted octanol–water partition coefficient (Wildman–Crippen LogP) is 3.28. The van der Waals surface area contributed by atoms with Gasteiger partial charge < -0.3 is 0 Å². The number of hydrogen-bond acceptors (Lipinski definition) is 0. The maximum Gasteiger partial charge on any atom is 0.0368 e. The predicted molar refractivity (Wildman–Crippen MR) is 49.5 cm³/mol. The summed E-state index contributed by atoms with van der Waals surface area (Å²) in [5.74, 6) is 3.75. The lowest BCUT2D eigenvalue weighted by molar-refractivity contribution is 0.185. The Morgan fingerprint density at radius 3 is 1.55 bits per heavy atom. The van der Waals surface area contributed by atoms with E-state index in [1.165, 1.54) is 0 Å². The minimum absolute atomic E-state index is 0.